The standard InChI is InChI=1S/C15H27NO6/c1-13(2,3)22-12(19)16-15(7-8-21-9-15)14(4,5)10(17)11(18)20-6/h10,17H,7-9H2,1-6H3,(H,16,19). The molecule has 2 unspecified atom stereocenters. The van der Waals surface area contributed by atoms with Crippen molar-refractivity contribution in [2.24, 2.45) is 5.41 Å². The van der Waals surface area contributed by atoms with Crippen molar-refractivity contribution < 1.29 is 28.9 Å². The molecule has 128 valence electrons. The summed E-state index contributed by atoms with van der Waals surface area (Å²) in [6.07, 6.45) is -1.54. The molecule has 7 nitrogen and oxygen atoms in total. The van der Waals surface area contributed by atoms with Crippen molar-refractivity contribution in [3.63, 3.8) is 0 Å². The van der Waals surface area contributed by atoms with Crippen LogP contribution in [-0.2, 0) is 19.0 Å². The molecule has 0 aromatic carbocycles. The average molecular weight is 317 g/mol. The molecule has 0 saturated carbocycles. The van der Waals surface area contributed by atoms with Crippen LogP contribution >= 0.6 is 0 Å². The van der Waals surface area contributed by atoms with Gasteiger partial charge in [-0.05, 0) is 27.2 Å². The molecule has 2 atom stereocenters. The van der Waals surface area contributed by atoms with Gasteiger partial charge in [0, 0.05) is 12.0 Å². The van der Waals surface area contributed by atoms with Crippen LogP contribution in [0.25, 0.3) is 0 Å². The molecule has 0 aliphatic carbocycles. The van der Waals surface area contributed by atoms with Crippen LogP contribution in [0.5, 0.6) is 0 Å². The third-order valence-electron chi connectivity index (χ3n) is 4.10. The smallest absolute Gasteiger partial charge is 0.408 e. The second-order valence-corrected chi connectivity index (χ2v) is 7.16. The Kier molecular flexibility index (Phi) is 5.46. The van der Waals surface area contributed by atoms with Crippen molar-refractivity contribution in [1.29, 1.82) is 0 Å². The molecule has 1 saturated heterocycles. The minimum atomic E-state index is -1.39. The number of ether oxygens (including phenoxy) is 3. The predicted octanol–water partition coefficient (Wildman–Crippen LogP) is 1.23. The van der Waals surface area contributed by atoms with E-state index in [2.05, 4.69) is 10.1 Å². The fraction of sp³-hybridized carbons (Fsp3) is 0.867. The lowest BCUT2D eigenvalue weighted by Gasteiger charge is -2.45. The fourth-order valence-electron chi connectivity index (χ4n) is 2.50. The molecule has 1 amide bonds. The van der Waals surface area contributed by atoms with Gasteiger partial charge < -0.3 is 24.6 Å². The Morgan fingerprint density at radius 3 is 2.27 bits per heavy atom. The number of aliphatic hydroxyl groups excluding tert-OH is 1. The Bertz CT molecular complexity index is 420. The zero-order chi connectivity index (χ0) is 17.2. The average Bonchev–Trinajstić information content (AvgIpc) is 2.84. The van der Waals surface area contributed by atoms with Gasteiger partial charge in [-0.25, -0.2) is 9.59 Å². The first-order valence-corrected chi connectivity index (χ1v) is 7.30. The maximum absolute atomic E-state index is 12.1. The molecule has 1 heterocycles. The molecule has 0 spiro atoms. The van der Waals surface area contributed by atoms with Crippen molar-refractivity contribution in [3.05, 3.63) is 0 Å². The van der Waals surface area contributed by atoms with Crippen molar-refractivity contribution in [3.8, 4) is 0 Å². The lowest BCUT2D eigenvalue weighted by atomic mass is 9.67. The van der Waals surface area contributed by atoms with Crippen molar-refractivity contribution in [1.82, 2.24) is 5.32 Å². The van der Waals surface area contributed by atoms with Crippen LogP contribution in [0.3, 0.4) is 0 Å². The van der Waals surface area contributed by atoms with Gasteiger partial charge in [0.25, 0.3) is 0 Å². The van der Waals surface area contributed by atoms with E-state index in [4.69, 9.17) is 9.47 Å². The lowest BCUT2D eigenvalue weighted by molar-refractivity contribution is -0.161. The Labute approximate surface area is 131 Å². The number of hydrogen-bond acceptors (Lipinski definition) is 6. The quantitative estimate of drug-likeness (QED) is 0.757. The second kappa shape index (κ2) is 6.42. The highest BCUT2D eigenvalue weighted by Crippen LogP contribution is 2.41. The Balaban J connectivity index is 3.00. The molecule has 0 bridgehead atoms. The summed E-state index contributed by atoms with van der Waals surface area (Å²) in [5.41, 5.74) is -2.55. The summed E-state index contributed by atoms with van der Waals surface area (Å²) in [6, 6.07) is 0. The Hall–Kier alpha value is -1.34. The van der Waals surface area contributed by atoms with E-state index in [-0.39, 0.29) is 6.61 Å². The summed E-state index contributed by atoms with van der Waals surface area (Å²) in [7, 11) is 1.21. The summed E-state index contributed by atoms with van der Waals surface area (Å²) in [4.78, 5) is 23.9. The maximum Gasteiger partial charge on any atom is 0.408 e. The SMILES string of the molecule is COC(=O)C(O)C(C)(C)C1(NC(=O)OC(C)(C)C)CCOC1. The fourth-order valence-corrected chi connectivity index (χ4v) is 2.50. The van der Waals surface area contributed by atoms with Crippen molar-refractivity contribution >= 4 is 12.1 Å². The molecular formula is C15H27NO6. The third-order valence-corrected chi connectivity index (χ3v) is 4.10. The zero-order valence-corrected chi connectivity index (χ0v) is 14.2. The molecule has 0 aromatic heterocycles. The maximum atomic E-state index is 12.1. The summed E-state index contributed by atoms with van der Waals surface area (Å²) in [5.74, 6) is -0.748. The number of esters is 1. The summed E-state index contributed by atoms with van der Waals surface area (Å²) >= 11 is 0. The van der Waals surface area contributed by atoms with E-state index in [1.54, 1.807) is 34.6 Å². The first-order valence-electron chi connectivity index (χ1n) is 7.30. The predicted molar refractivity (Wildman–Crippen MR) is 79.3 cm³/mol. The second-order valence-electron chi connectivity index (χ2n) is 7.16. The first-order chi connectivity index (χ1) is 9.95. The molecule has 0 aromatic rings. The number of hydrogen-bond donors (Lipinski definition) is 2. The van der Waals surface area contributed by atoms with Gasteiger partial charge in [0.05, 0.1) is 19.3 Å². The minimum Gasteiger partial charge on any atom is -0.467 e. The van der Waals surface area contributed by atoms with Gasteiger partial charge in [-0.15, -0.1) is 0 Å². The number of carbonyl (C=O) groups excluding carboxylic acids is 2. The molecule has 7 heteroatoms. The Morgan fingerprint density at radius 2 is 1.86 bits per heavy atom. The summed E-state index contributed by atoms with van der Waals surface area (Å²) in [6.45, 7) is 9.29. The lowest BCUT2D eigenvalue weighted by Crippen LogP contribution is -2.64. The van der Waals surface area contributed by atoms with Gasteiger partial charge >= 0.3 is 12.1 Å². The van der Waals surface area contributed by atoms with Gasteiger partial charge in [-0.1, -0.05) is 13.8 Å². The van der Waals surface area contributed by atoms with Gasteiger partial charge in [0.2, 0.25) is 0 Å². The highest BCUT2D eigenvalue weighted by atomic mass is 16.6. The van der Waals surface area contributed by atoms with E-state index in [1.807, 2.05) is 0 Å². The number of amides is 1. The first kappa shape index (κ1) is 18.7. The van der Waals surface area contributed by atoms with E-state index in [1.165, 1.54) is 7.11 Å². The third kappa shape index (κ3) is 3.89. The number of alkyl carbamates (subject to hydrolysis) is 1. The molecular weight excluding hydrogens is 290 g/mol. The van der Waals surface area contributed by atoms with E-state index in [0.29, 0.717) is 13.0 Å². The van der Waals surface area contributed by atoms with Crippen LogP contribution in [0.2, 0.25) is 0 Å². The van der Waals surface area contributed by atoms with Crippen LogP contribution in [0.15, 0.2) is 0 Å². The number of aliphatic hydroxyl groups is 1. The van der Waals surface area contributed by atoms with Gasteiger partial charge in [-0.3, -0.25) is 0 Å². The highest BCUT2D eigenvalue weighted by Gasteiger charge is 2.55. The molecule has 1 aliphatic heterocycles. The van der Waals surface area contributed by atoms with Gasteiger partial charge in [-0.2, -0.15) is 0 Å². The van der Waals surface area contributed by atoms with E-state index in [0.717, 1.165) is 0 Å². The van der Waals surface area contributed by atoms with Gasteiger partial charge in [0.1, 0.15) is 5.60 Å². The van der Waals surface area contributed by atoms with Crippen LogP contribution in [0, 0.1) is 5.41 Å². The monoisotopic (exact) mass is 317 g/mol. The summed E-state index contributed by atoms with van der Waals surface area (Å²) < 4.78 is 15.3. The van der Waals surface area contributed by atoms with Crippen LogP contribution in [0.4, 0.5) is 4.79 Å². The van der Waals surface area contributed by atoms with Gasteiger partial charge in [0.15, 0.2) is 6.10 Å². The topological polar surface area (TPSA) is 94.1 Å². The number of methoxy groups -OCH3 is 1. The van der Waals surface area contributed by atoms with E-state index < -0.39 is 34.7 Å². The van der Waals surface area contributed by atoms with Crippen LogP contribution < -0.4 is 5.32 Å². The number of carbonyl (C=O) groups is 2. The number of nitrogens with one attached hydrogen (secondary N) is 1. The highest BCUT2D eigenvalue weighted by molar-refractivity contribution is 5.76. The van der Waals surface area contributed by atoms with Crippen LogP contribution in [-0.4, -0.2) is 54.7 Å². The molecule has 2 N–H and O–H groups in total. The van der Waals surface area contributed by atoms with E-state index in [9.17, 15) is 14.7 Å². The largest absolute Gasteiger partial charge is 0.467 e. The number of rotatable bonds is 4. The molecule has 0 radical (unpaired) electrons. The summed E-state index contributed by atoms with van der Waals surface area (Å²) in [5, 5.41) is 13.1. The normalized spacial score (nSPS) is 23.8. The minimum absolute atomic E-state index is 0.188. The molecule has 1 aliphatic rings. The van der Waals surface area contributed by atoms with E-state index >= 15 is 0 Å². The Morgan fingerprint density at radius 1 is 1.27 bits per heavy atom. The molecule has 1 fully saturated rings. The zero-order valence-electron chi connectivity index (χ0n) is 14.2. The molecule has 22 heavy (non-hydrogen) atoms. The van der Waals surface area contributed by atoms with Crippen molar-refractivity contribution in [2.45, 2.75) is 58.3 Å². The molecule has 1 rings (SSSR count). The van der Waals surface area contributed by atoms with Crippen molar-refractivity contribution in [2.75, 3.05) is 20.3 Å². The van der Waals surface area contributed by atoms with Crippen LogP contribution in [0.1, 0.15) is 41.0 Å².